The Morgan fingerprint density at radius 2 is 1.06 bits per heavy atom. The van der Waals surface area contributed by atoms with Crippen LogP contribution in [0, 0.1) is 10.8 Å². The van der Waals surface area contributed by atoms with Gasteiger partial charge >= 0.3 is 12.4 Å². The van der Waals surface area contributed by atoms with Crippen LogP contribution in [0.1, 0.15) is 78.4 Å². The molecule has 2 N–H and O–H groups in total. The topological polar surface area (TPSA) is 109 Å². The smallest absolute Gasteiger partial charge is 0.421 e. The summed E-state index contributed by atoms with van der Waals surface area (Å²) in [4.78, 5) is 36.9. The number of aromatic nitrogens is 2. The first-order chi connectivity index (χ1) is 24.0. The predicted molar refractivity (Wildman–Crippen MR) is 184 cm³/mol. The van der Waals surface area contributed by atoms with Crippen LogP contribution in [0.4, 0.5) is 26.3 Å². The summed E-state index contributed by atoms with van der Waals surface area (Å²) in [6.45, 7) is 12.2. The number of ether oxygens (including phenoxy) is 2. The van der Waals surface area contributed by atoms with Crippen molar-refractivity contribution in [1.29, 1.82) is 0 Å². The van der Waals surface area contributed by atoms with Crippen molar-refractivity contribution in [3.8, 4) is 11.8 Å². The molecule has 0 bridgehead atoms. The first-order valence-corrected chi connectivity index (χ1v) is 17.3. The molecule has 0 aromatic carbocycles. The van der Waals surface area contributed by atoms with Crippen LogP contribution in [0.3, 0.4) is 0 Å². The SMILES string of the molecule is C[C@@H]1C[C@@H](NC(=O)C(C)(C)COc2ncccc2C(F)(F)F)CCN1C.C[C@H]1C[C@H](NC(=O)C(C)(C)COc2ncccc2C(F)(F)F)CCN1C. The standard InChI is InChI=1S/2C18H26F3N3O2/c2*1-12-10-13(7-9-24(12)4)23-16(25)17(2,3)11-26-15-14(18(19,20)21)6-5-8-22-15/h2*5-6,8,12-13H,7,9-11H2,1-4H3,(H,23,25)/t2*12-,13+/m10/s1. The Hall–Kier alpha value is -3.66. The van der Waals surface area contributed by atoms with Gasteiger partial charge in [-0.2, -0.15) is 26.3 Å². The number of likely N-dealkylation sites (tertiary alicyclic amines) is 2. The molecule has 0 unspecified atom stereocenters. The van der Waals surface area contributed by atoms with Gasteiger partial charge in [-0.15, -0.1) is 0 Å². The van der Waals surface area contributed by atoms with Crippen LogP contribution in [-0.2, 0) is 21.9 Å². The van der Waals surface area contributed by atoms with Gasteiger partial charge in [-0.25, -0.2) is 9.97 Å². The summed E-state index contributed by atoms with van der Waals surface area (Å²) in [7, 11) is 4.09. The van der Waals surface area contributed by atoms with Gasteiger partial charge in [0.1, 0.15) is 24.3 Å². The highest BCUT2D eigenvalue weighted by atomic mass is 19.4. The van der Waals surface area contributed by atoms with Crippen molar-refractivity contribution in [2.75, 3.05) is 40.4 Å². The van der Waals surface area contributed by atoms with Crippen LogP contribution in [0.15, 0.2) is 36.7 Å². The molecule has 2 aromatic heterocycles. The normalized spacial score (nSPS) is 22.1. The number of rotatable bonds is 10. The highest BCUT2D eigenvalue weighted by Crippen LogP contribution is 2.36. The molecule has 2 amide bonds. The number of piperidine rings is 2. The number of hydrogen-bond donors (Lipinski definition) is 2. The zero-order valence-electron chi connectivity index (χ0n) is 31.1. The number of alkyl halides is 6. The molecule has 0 aliphatic carbocycles. The number of amides is 2. The van der Waals surface area contributed by atoms with E-state index >= 15 is 0 Å². The zero-order chi connectivity index (χ0) is 39.1. The lowest BCUT2D eigenvalue weighted by molar-refractivity contribution is -0.141. The van der Waals surface area contributed by atoms with E-state index < -0.39 is 46.1 Å². The third-order valence-electron chi connectivity index (χ3n) is 9.61. The minimum Gasteiger partial charge on any atom is -0.476 e. The molecule has 4 atom stereocenters. The van der Waals surface area contributed by atoms with E-state index in [0.717, 1.165) is 50.9 Å². The number of carbonyl (C=O) groups is 2. The minimum atomic E-state index is -4.56. The summed E-state index contributed by atoms with van der Waals surface area (Å²) in [6.07, 6.45) is -3.26. The Balaban J connectivity index is 0.000000280. The van der Waals surface area contributed by atoms with Crippen molar-refractivity contribution in [3.63, 3.8) is 0 Å². The highest BCUT2D eigenvalue weighted by molar-refractivity contribution is 5.82. The molecular weight excluding hydrogens is 694 g/mol. The minimum absolute atomic E-state index is 0.0635. The molecular formula is C36H52F6N6O4. The molecule has 2 saturated heterocycles. The fourth-order valence-corrected chi connectivity index (χ4v) is 5.67. The fourth-order valence-electron chi connectivity index (χ4n) is 5.67. The van der Waals surface area contributed by atoms with Crippen LogP contribution in [0.5, 0.6) is 11.8 Å². The van der Waals surface area contributed by atoms with Gasteiger partial charge < -0.3 is 29.9 Å². The molecule has 0 radical (unpaired) electrons. The second kappa shape index (κ2) is 17.4. The summed E-state index contributed by atoms with van der Waals surface area (Å²) in [6, 6.07) is 5.10. The molecule has 2 aromatic rings. The van der Waals surface area contributed by atoms with Gasteiger partial charge in [0.15, 0.2) is 0 Å². The first-order valence-electron chi connectivity index (χ1n) is 17.3. The second-order valence-electron chi connectivity index (χ2n) is 15.1. The maximum Gasteiger partial charge on any atom is 0.421 e. The van der Waals surface area contributed by atoms with Crippen LogP contribution < -0.4 is 20.1 Å². The molecule has 2 aliphatic rings. The molecule has 0 spiro atoms. The van der Waals surface area contributed by atoms with Crippen molar-refractivity contribution in [2.45, 2.75) is 104 Å². The van der Waals surface area contributed by atoms with Gasteiger partial charge in [-0.3, -0.25) is 9.59 Å². The number of pyridine rings is 2. The van der Waals surface area contributed by atoms with Crippen molar-refractivity contribution in [1.82, 2.24) is 30.4 Å². The molecule has 52 heavy (non-hydrogen) atoms. The number of nitrogens with one attached hydrogen (secondary N) is 2. The lowest BCUT2D eigenvalue weighted by Gasteiger charge is -2.36. The lowest BCUT2D eigenvalue weighted by atomic mass is 9.91. The Bertz CT molecular complexity index is 1380. The van der Waals surface area contributed by atoms with Gasteiger partial charge in [0.2, 0.25) is 23.6 Å². The molecule has 2 fully saturated rings. The number of hydrogen-bond acceptors (Lipinski definition) is 8. The van der Waals surface area contributed by atoms with Crippen LogP contribution in [-0.4, -0.2) is 96.1 Å². The van der Waals surface area contributed by atoms with Gasteiger partial charge in [-0.05, 0) is 106 Å². The van der Waals surface area contributed by atoms with Crippen molar-refractivity contribution in [3.05, 3.63) is 47.8 Å². The molecule has 16 heteroatoms. The maximum atomic E-state index is 13.0. The Kier molecular flexibility index (Phi) is 14.3. The van der Waals surface area contributed by atoms with E-state index in [0.29, 0.717) is 12.1 Å². The molecule has 4 rings (SSSR count). The Morgan fingerprint density at radius 1 is 0.712 bits per heavy atom. The maximum absolute atomic E-state index is 13.0. The molecule has 292 valence electrons. The third kappa shape index (κ3) is 12.2. The van der Waals surface area contributed by atoms with Crippen molar-refractivity contribution < 1.29 is 45.4 Å². The summed E-state index contributed by atoms with van der Waals surface area (Å²) >= 11 is 0. The third-order valence-corrected chi connectivity index (χ3v) is 9.61. The van der Waals surface area contributed by atoms with E-state index in [1.54, 1.807) is 27.7 Å². The van der Waals surface area contributed by atoms with E-state index in [-0.39, 0.29) is 37.1 Å². The van der Waals surface area contributed by atoms with Crippen LogP contribution in [0.25, 0.3) is 0 Å². The van der Waals surface area contributed by atoms with Crippen molar-refractivity contribution >= 4 is 11.8 Å². The van der Waals surface area contributed by atoms with E-state index in [1.807, 2.05) is 14.1 Å². The largest absolute Gasteiger partial charge is 0.476 e. The lowest BCUT2D eigenvalue weighted by Crippen LogP contribution is -2.51. The van der Waals surface area contributed by atoms with Gasteiger partial charge in [-0.1, -0.05) is 0 Å². The first kappa shape index (κ1) is 42.8. The quantitative estimate of drug-likeness (QED) is 0.277. The molecule has 2 aliphatic heterocycles. The van der Waals surface area contributed by atoms with E-state index in [1.165, 1.54) is 24.5 Å². The number of carbonyl (C=O) groups excluding carboxylic acids is 2. The molecule has 4 heterocycles. The second-order valence-corrected chi connectivity index (χ2v) is 15.1. The number of halogens is 6. The van der Waals surface area contributed by atoms with Gasteiger partial charge in [0.05, 0.1) is 10.8 Å². The summed E-state index contributed by atoms with van der Waals surface area (Å²) in [5.41, 5.74) is -3.85. The summed E-state index contributed by atoms with van der Waals surface area (Å²) < 4.78 is 88.6. The highest BCUT2D eigenvalue weighted by Gasteiger charge is 2.39. The predicted octanol–water partition coefficient (Wildman–Crippen LogP) is 6.21. The molecule has 10 nitrogen and oxygen atoms in total. The average Bonchev–Trinajstić information content (AvgIpc) is 3.06. The Morgan fingerprint density at radius 3 is 1.37 bits per heavy atom. The summed E-state index contributed by atoms with van der Waals surface area (Å²) in [5.74, 6) is -1.48. The average molecular weight is 747 g/mol. The van der Waals surface area contributed by atoms with E-state index in [2.05, 4.69) is 44.2 Å². The Labute approximate surface area is 302 Å². The zero-order valence-corrected chi connectivity index (χ0v) is 31.1. The monoisotopic (exact) mass is 746 g/mol. The van der Waals surface area contributed by atoms with Gasteiger partial charge in [0.25, 0.3) is 0 Å². The van der Waals surface area contributed by atoms with E-state index in [9.17, 15) is 35.9 Å². The molecule has 0 saturated carbocycles. The summed E-state index contributed by atoms with van der Waals surface area (Å²) in [5, 5.41) is 6.01. The number of nitrogens with zero attached hydrogens (tertiary/aromatic N) is 4. The van der Waals surface area contributed by atoms with Crippen LogP contribution in [0.2, 0.25) is 0 Å². The van der Waals surface area contributed by atoms with Crippen molar-refractivity contribution in [2.24, 2.45) is 10.8 Å². The van der Waals surface area contributed by atoms with E-state index in [4.69, 9.17) is 9.47 Å². The van der Waals surface area contributed by atoms with Gasteiger partial charge in [0, 0.05) is 49.7 Å². The van der Waals surface area contributed by atoms with Crippen LogP contribution >= 0.6 is 0 Å². The fraction of sp³-hybridized carbons (Fsp3) is 0.667.